The molecule has 1 amide bonds. The summed E-state index contributed by atoms with van der Waals surface area (Å²) < 4.78 is 16.2. The number of benzene rings is 2. The molecule has 1 aliphatic rings. The molecule has 28 heavy (non-hydrogen) atoms. The highest BCUT2D eigenvalue weighted by atomic mass is 16.7. The number of ether oxygens (including phenoxy) is 3. The van der Waals surface area contributed by atoms with Gasteiger partial charge in [-0.05, 0) is 47.4 Å². The van der Waals surface area contributed by atoms with Crippen LogP contribution in [0, 0.1) is 17.2 Å². The van der Waals surface area contributed by atoms with Gasteiger partial charge in [-0.3, -0.25) is 4.79 Å². The largest absolute Gasteiger partial charge is 0.493 e. The first-order valence-electron chi connectivity index (χ1n) is 9.06. The summed E-state index contributed by atoms with van der Waals surface area (Å²) in [5, 5.41) is 12.1. The number of amides is 1. The lowest BCUT2D eigenvalue weighted by Crippen LogP contribution is -2.23. The van der Waals surface area contributed by atoms with E-state index in [1.54, 1.807) is 12.1 Å². The van der Waals surface area contributed by atoms with Crippen LogP contribution in [0.3, 0.4) is 0 Å². The Morgan fingerprint density at radius 1 is 1.21 bits per heavy atom. The third-order valence-electron chi connectivity index (χ3n) is 4.03. The van der Waals surface area contributed by atoms with E-state index in [9.17, 15) is 10.1 Å². The first-order valence-corrected chi connectivity index (χ1v) is 9.06. The van der Waals surface area contributed by atoms with Crippen molar-refractivity contribution in [3.05, 3.63) is 59.2 Å². The molecule has 0 unspecified atom stereocenters. The maximum absolute atomic E-state index is 12.3. The highest BCUT2D eigenvalue weighted by molar-refractivity contribution is 6.01. The molecule has 0 bridgehead atoms. The fourth-order valence-electron chi connectivity index (χ4n) is 2.57. The van der Waals surface area contributed by atoms with Crippen LogP contribution in [-0.2, 0) is 11.3 Å². The Bertz CT molecular complexity index is 911. The summed E-state index contributed by atoms with van der Waals surface area (Å²) in [7, 11) is 0. The van der Waals surface area contributed by atoms with Crippen molar-refractivity contribution >= 4 is 12.0 Å². The predicted octanol–water partition coefficient (Wildman–Crippen LogP) is 3.67. The zero-order chi connectivity index (χ0) is 19.9. The van der Waals surface area contributed by atoms with Crippen LogP contribution in [0.5, 0.6) is 17.2 Å². The van der Waals surface area contributed by atoms with Crippen molar-refractivity contribution in [2.75, 3.05) is 13.4 Å². The molecule has 0 aromatic heterocycles. The number of carbonyl (C=O) groups is 1. The standard InChI is InChI=1S/C22H22N2O4/c1-15(2)13-26-19-6-3-16(4-7-19)9-18(11-23)22(25)24-12-17-5-8-20-21(10-17)28-14-27-20/h3-10,15H,12-14H2,1-2H3,(H,24,25)/b18-9+. The fourth-order valence-corrected chi connectivity index (χ4v) is 2.57. The minimum Gasteiger partial charge on any atom is -0.493 e. The molecule has 6 heteroatoms. The van der Waals surface area contributed by atoms with Crippen molar-refractivity contribution in [1.82, 2.24) is 5.32 Å². The molecule has 0 radical (unpaired) electrons. The molecule has 0 saturated carbocycles. The van der Waals surface area contributed by atoms with Crippen molar-refractivity contribution in [3.8, 4) is 23.3 Å². The first-order chi connectivity index (χ1) is 13.5. The van der Waals surface area contributed by atoms with E-state index >= 15 is 0 Å². The van der Waals surface area contributed by atoms with E-state index in [1.165, 1.54) is 0 Å². The Labute approximate surface area is 164 Å². The van der Waals surface area contributed by atoms with Gasteiger partial charge in [0.25, 0.3) is 5.91 Å². The summed E-state index contributed by atoms with van der Waals surface area (Å²) in [5.74, 6) is 2.12. The van der Waals surface area contributed by atoms with E-state index in [-0.39, 0.29) is 18.9 Å². The molecule has 0 fully saturated rings. The predicted molar refractivity (Wildman–Crippen MR) is 105 cm³/mol. The van der Waals surface area contributed by atoms with Crippen molar-refractivity contribution in [2.24, 2.45) is 5.92 Å². The summed E-state index contributed by atoms with van der Waals surface area (Å²) in [6, 6.07) is 14.7. The van der Waals surface area contributed by atoms with Crippen LogP contribution in [-0.4, -0.2) is 19.3 Å². The van der Waals surface area contributed by atoms with Crippen LogP contribution in [0.15, 0.2) is 48.0 Å². The SMILES string of the molecule is CC(C)COc1ccc(/C=C(\C#N)C(=O)NCc2ccc3c(c2)OCO3)cc1. The lowest BCUT2D eigenvalue weighted by Gasteiger charge is -2.08. The van der Waals surface area contributed by atoms with Gasteiger partial charge in [-0.25, -0.2) is 0 Å². The molecular weight excluding hydrogens is 356 g/mol. The van der Waals surface area contributed by atoms with Crippen LogP contribution in [0.4, 0.5) is 0 Å². The van der Waals surface area contributed by atoms with E-state index in [0.29, 0.717) is 24.0 Å². The lowest BCUT2D eigenvalue weighted by molar-refractivity contribution is -0.117. The number of hydrogen-bond donors (Lipinski definition) is 1. The van der Waals surface area contributed by atoms with Crippen molar-refractivity contribution in [3.63, 3.8) is 0 Å². The molecule has 3 rings (SSSR count). The Morgan fingerprint density at radius 2 is 1.96 bits per heavy atom. The van der Waals surface area contributed by atoms with Gasteiger partial charge < -0.3 is 19.5 Å². The third kappa shape index (κ3) is 5.04. The van der Waals surface area contributed by atoms with Crippen molar-refractivity contribution < 1.29 is 19.0 Å². The second-order valence-corrected chi connectivity index (χ2v) is 6.81. The topological polar surface area (TPSA) is 80.6 Å². The maximum Gasteiger partial charge on any atom is 0.262 e. The molecular formula is C22H22N2O4. The van der Waals surface area contributed by atoms with Gasteiger partial charge in [0.1, 0.15) is 17.4 Å². The zero-order valence-electron chi connectivity index (χ0n) is 15.9. The molecule has 2 aromatic rings. The average molecular weight is 378 g/mol. The number of hydrogen-bond acceptors (Lipinski definition) is 5. The van der Waals surface area contributed by atoms with Gasteiger partial charge in [0, 0.05) is 6.54 Å². The highest BCUT2D eigenvalue weighted by Gasteiger charge is 2.14. The smallest absolute Gasteiger partial charge is 0.262 e. The number of rotatable bonds is 7. The van der Waals surface area contributed by atoms with E-state index in [2.05, 4.69) is 19.2 Å². The lowest BCUT2D eigenvalue weighted by atomic mass is 10.1. The number of nitriles is 1. The van der Waals surface area contributed by atoms with Gasteiger partial charge in [0.05, 0.1) is 6.61 Å². The summed E-state index contributed by atoms with van der Waals surface area (Å²) in [6.45, 7) is 5.29. The van der Waals surface area contributed by atoms with Gasteiger partial charge in [-0.1, -0.05) is 32.0 Å². The van der Waals surface area contributed by atoms with Crippen LogP contribution < -0.4 is 19.5 Å². The van der Waals surface area contributed by atoms with E-state index in [0.717, 1.165) is 16.9 Å². The summed E-state index contributed by atoms with van der Waals surface area (Å²) in [6.07, 6.45) is 1.56. The van der Waals surface area contributed by atoms with Gasteiger partial charge in [0.2, 0.25) is 6.79 Å². The maximum atomic E-state index is 12.3. The van der Waals surface area contributed by atoms with Gasteiger partial charge in [-0.2, -0.15) is 5.26 Å². The highest BCUT2D eigenvalue weighted by Crippen LogP contribution is 2.32. The average Bonchev–Trinajstić information content (AvgIpc) is 3.17. The Kier molecular flexibility index (Phi) is 6.18. The number of carbonyl (C=O) groups excluding carboxylic acids is 1. The molecule has 1 heterocycles. The minimum atomic E-state index is -0.430. The van der Waals surface area contributed by atoms with E-state index in [1.807, 2.05) is 42.5 Å². The summed E-state index contributed by atoms with van der Waals surface area (Å²) >= 11 is 0. The Morgan fingerprint density at radius 3 is 2.68 bits per heavy atom. The molecule has 0 aliphatic carbocycles. The second kappa shape index (κ2) is 8.96. The Balaban J connectivity index is 1.60. The summed E-state index contributed by atoms with van der Waals surface area (Å²) in [5.41, 5.74) is 1.66. The van der Waals surface area contributed by atoms with Crippen LogP contribution in [0.1, 0.15) is 25.0 Å². The number of nitrogens with zero attached hydrogens (tertiary/aromatic N) is 1. The zero-order valence-corrected chi connectivity index (χ0v) is 15.9. The molecule has 1 N–H and O–H groups in total. The van der Waals surface area contributed by atoms with E-state index in [4.69, 9.17) is 14.2 Å². The van der Waals surface area contributed by atoms with Crippen molar-refractivity contribution in [1.29, 1.82) is 5.26 Å². The fraction of sp³-hybridized carbons (Fsp3) is 0.273. The van der Waals surface area contributed by atoms with Crippen LogP contribution in [0.25, 0.3) is 6.08 Å². The molecule has 6 nitrogen and oxygen atoms in total. The number of fused-ring (bicyclic) bond motifs is 1. The third-order valence-corrected chi connectivity index (χ3v) is 4.03. The van der Waals surface area contributed by atoms with Gasteiger partial charge in [0.15, 0.2) is 11.5 Å². The quantitative estimate of drug-likeness (QED) is 0.587. The molecule has 0 saturated heterocycles. The summed E-state index contributed by atoms with van der Waals surface area (Å²) in [4.78, 5) is 12.3. The van der Waals surface area contributed by atoms with Gasteiger partial charge in [-0.15, -0.1) is 0 Å². The normalized spacial score (nSPS) is 12.6. The minimum absolute atomic E-state index is 0.0385. The van der Waals surface area contributed by atoms with Crippen LogP contribution >= 0.6 is 0 Å². The second-order valence-electron chi connectivity index (χ2n) is 6.81. The van der Waals surface area contributed by atoms with Crippen molar-refractivity contribution in [2.45, 2.75) is 20.4 Å². The van der Waals surface area contributed by atoms with E-state index < -0.39 is 5.91 Å². The first kappa shape index (κ1) is 19.3. The molecule has 0 spiro atoms. The molecule has 1 aliphatic heterocycles. The Hall–Kier alpha value is -3.46. The van der Waals surface area contributed by atoms with Gasteiger partial charge >= 0.3 is 0 Å². The monoisotopic (exact) mass is 378 g/mol. The molecule has 144 valence electrons. The number of nitrogens with one attached hydrogen (secondary N) is 1. The molecule has 0 atom stereocenters. The molecule has 2 aromatic carbocycles. The van der Waals surface area contributed by atoms with Crippen LogP contribution in [0.2, 0.25) is 0 Å².